The summed E-state index contributed by atoms with van der Waals surface area (Å²) in [5, 5.41) is 1.82. The molecule has 7 heteroatoms. The number of thioether (sulfide) groups is 1. The summed E-state index contributed by atoms with van der Waals surface area (Å²) in [5.41, 5.74) is 1.22. The molecule has 0 saturated carbocycles. The van der Waals surface area contributed by atoms with Crippen LogP contribution in [0.5, 0.6) is 0 Å². The number of rotatable bonds is 3. The van der Waals surface area contributed by atoms with Gasteiger partial charge < -0.3 is 4.90 Å². The van der Waals surface area contributed by atoms with E-state index in [4.69, 9.17) is 0 Å². The van der Waals surface area contributed by atoms with Crippen molar-refractivity contribution in [3.8, 4) is 0 Å². The van der Waals surface area contributed by atoms with Crippen molar-refractivity contribution in [3.05, 3.63) is 72.3 Å². The predicted octanol–water partition coefficient (Wildman–Crippen LogP) is 3.39. The smallest absolute Gasteiger partial charge is 0.243 e. The van der Waals surface area contributed by atoms with E-state index < -0.39 is 10.0 Å². The van der Waals surface area contributed by atoms with Gasteiger partial charge in [0.1, 0.15) is 0 Å². The van der Waals surface area contributed by atoms with Gasteiger partial charge in [0, 0.05) is 31.1 Å². The summed E-state index contributed by atoms with van der Waals surface area (Å²) in [7, 11) is -3.58. The maximum Gasteiger partial charge on any atom is 0.243 e. The molecule has 1 amide bonds. The lowest BCUT2D eigenvalue weighted by molar-refractivity contribution is -0.131. The lowest BCUT2D eigenvalue weighted by Gasteiger charge is -2.35. The molecule has 1 fully saturated rings. The van der Waals surface area contributed by atoms with Crippen LogP contribution in [0.25, 0.3) is 10.8 Å². The third-order valence-corrected chi connectivity index (χ3v) is 9.03. The van der Waals surface area contributed by atoms with E-state index in [1.807, 2.05) is 47.4 Å². The van der Waals surface area contributed by atoms with Crippen LogP contribution < -0.4 is 0 Å². The van der Waals surface area contributed by atoms with Gasteiger partial charge in [0.15, 0.2) is 0 Å². The van der Waals surface area contributed by atoms with Crippen molar-refractivity contribution in [1.82, 2.24) is 9.21 Å². The molecule has 1 atom stereocenters. The minimum absolute atomic E-state index is 0.106. The van der Waals surface area contributed by atoms with E-state index in [-0.39, 0.29) is 11.2 Å². The maximum atomic E-state index is 13.1. The molecule has 0 bridgehead atoms. The molecule has 3 aromatic rings. The highest BCUT2D eigenvalue weighted by atomic mass is 32.2. The number of hydrogen-bond donors (Lipinski definition) is 0. The van der Waals surface area contributed by atoms with E-state index in [1.54, 1.807) is 23.9 Å². The third-order valence-electron chi connectivity index (χ3n) is 5.83. The number of hydrogen-bond acceptors (Lipinski definition) is 4. The Morgan fingerprint density at radius 1 is 0.867 bits per heavy atom. The number of benzene rings is 3. The second-order valence-electron chi connectivity index (χ2n) is 7.66. The summed E-state index contributed by atoms with van der Waals surface area (Å²) in [6.07, 6.45) is 0.745. The number of sulfonamides is 1. The maximum absolute atomic E-state index is 13.1. The molecule has 0 spiro atoms. The molecule has 0 aliphatic carbocycles. The molecule has 5 nitrogen and oxygen atoms in total. The van der Waals surface area contributed by atoms with E-state index in [2.05, 4.69) is 12.1 Å². The summed E-state index contributed by atoms with van der Waals surface area (Å²) in [5.74, 6) is 0.110. The Labute approximate surface area is 180 Å². The highest BCUT2D eigenvalue weighted by Crippen LogP contribution is 2.37. The second kappa shape index (κ2) is 7.72. The summed E-state index contributed by atoms with van der Waals surface area (Å²) in [6.45, 7) is 1.51. The van der Waals surface area contributed by atoms with Crippen molar-refractivity contribution in [2.24, 2.45) is 0 Å². The zero-order chi connectivity index (χ0) is 20.7. The van der Waals surface area contributed by atoms with Crippen LogP contribution in [0.2, 0.25) is 0 Å². The standard InChI is InChI=1S/C23H22N2O3S2/c26-23(22-16-19-7-3-4-8-21(19)29-22)24-11-13-25(14-12-24)30(27,28)20-10-9-17-5-1-2-6-18(17)15-20/h1-10,15,22H,11-14,16H2. The van der Waals surface area contributed by atoms with Gasteiger partial charge >= 0.3 is 0 Å². The molecule has 1 saturated heterocycles. The lowest BCUT2D eigenvalue weighted by atomic mass is 10.1. The first kappa shape index (κ1) is 19.6. The Kier molecular flexibility index (Phi) is 5.05. The van der Waals surface area contributed by atoms with Crippen molar-refractivity contribution in [2.75, 3.05) is 26.2 Å². The van der Waals surface area contributed by atoms with Crippen LogP contribution in [0.3, 0.4) is 0 Å². The van der Waals surface area contributed by atoms with Crippen molar-refractivity contribution >= 4 is 38.5 Å². The van der Waals surface area contributed by atoms with Crippen molar-refractivity contribution in [2.45, 2.75) is 21.5 Å². The Hall–Kier alpha value is -2.35. The molecule has 5 rings (SSSR count). The van der Waals surface area contributed by atoms with Crippen LogP contribution in [0.15, 0.2) is 76.5 Å². The number of nitrogens with zero attached hydrogens (tertiary/aromatic N) is 2. The van der Waals surface area contributed by atoms with E-state index in [1.165, 1.54) is 14.8 Å². The first-order valence-electron chi connectivity index (χ1n) is 10.0. The Morgan fingerprint density at radius 2 is 1.57 bits per heavy atom. The van der Waals surface area contributed by atoms with E-state index >= 15 is 0 Å². The molecular weight excluding hydrogens is 416 g/mol. The quantitative estimate of drug-likeness (QED) is 0.629. The molecule has 2 aliphatic rings. The fourth-order valence-corrected chi connectivity index (χ4v) is 6.89. The largest absolute Gasteiger partial charge is 0.339 e. The fourth-order valence-electron chi connectivity index (χ4n) is 4.15. The summed E-state index contributed by atoms with van der Waals surface area (Å²) in [6, 6.07) is 21.1. The topological polar surface area (TPSA) is 57.7 Å². The summed E-state index contributed by atoms with van der Waals surface area (Å²) in [4.78, 5) is 16.3. The van der Waals surface area contributed by atoms with Gasteiger partial charge in [0.2, 0.25) is 15.9 Å². The monoisotopic (exact) mass is 438 g/mol. The first-order valence-corrected chi connectivity index (χ1v) is 12.4. The molecule has 0 N–H and O–H groups in total. The third kappa shape index (κ3) is 3.51. The predicted molar refractivity (Wildman–Crippen MR) is 119 cm³/mol. The number of carbonyl (C=O) groups excluding carboxylic acids is 1. The van der Waals surface area contributed by atoms with Crippen LogP contribution in [-0.2, 0) is 21.2 Å². The molecule has 2 aliphatic heterocycles. The van der Waals surface area contributed by atoms with Crippen LogP contribution in [0.4, 0.5) is 0 Å². The van der Waals surface area contributed by atoms with Crippen LogP contribution >= 0.6 is 11.8 Å². The van der Waals surface area contributed by atoms with Gasteiger partial charge in [0.05, 0.1) is 10.1 Å². The zero-order valence-electron chi connectivity index (χ0n) is 16.4. The zero-order valence-corrected chi connectivity index (χ0v) is 18.0. The van der Waals surface area contributed by atoms with Crippen molar-refractivity contribution < 1.29 is 13.2 Å². The highest BCUT2D eigenvalue weighted by Gasteiger charge is 2.35. The second-order valence-corrected chi connectivity index (χ2v) is 10.8. The highest BCUT2D eigenvalue weighted by molar-refractivity contribution is 8.01. The molecule has 154 valence electrons. The van der Waals surface area contributed by atoms with Crippen molar-refractivity contribution in [3.63, 3.8) is 0 Å². The van der Waals surface area contributed by atoms with Crippen LogP contribution in [0.1, 0.15) is 5.56 Å². The minimum Gasteiger partial charge on any atom is -0.339 e. The Morgan fingerprint density at radius 3 is 2.33 bits per heavy atom. The lowest BCUT2D eigenvalue weighted by Crippen LogP contribution is -2.52. The van der Waals surface area contributed by atoms with Gasteiger partial charge in [-0.05, 0) is 41.0 Å². The number of carbonyl (C=O) groups is 1. The van der Waals surface area contributed by atoms with E-state index in [9.17, 15) is 13.2 Å². The summed E-state index contributed by atoms with van der Waals surface area (Å²) < 4.78 is 27.8. The van der Waals surface area contributed by atoms with Gasteiger partial charge in [-0.25, -0.2) is 8.42 Å². The van der Waals surface area contributed by atoms with E-state index in [0.29, 0.717) is 31.1 Å². The Bertz CT molecular complexity index is 1190. The SMILES string of the molecule is O=C(C1Cc2ccccc2S1)N1CCN(S(=O)(=O)c2ccc3ccccc3c2)CC1. The molecule has 1 unspecified atom stereocenters. The average molecular weight is 439 g/mol. The average Bonchev–Trinajstić information content (AvgIpc) is 3.22. The van der Waals surface area contributed by atoms with Crippen LogP contribution in [0, 0.1) is 0 Å². The molecule has 2 heterocycles. The van der Waals surface area contributed by atoms with Gasteiger partial charge in [-0.15, -0.1) is 11.8 Å². The normalized spacial score (nSPS) is 19.7. The number of piperazine rings is 1. The van der Waals surface area contributed by atoms with Gasteiger partial charge in [0.25, 0.3) is 0 Å². The van der Waals surface area contributed by atoms with Crippen molar-refractivity contribution in [1.29, 1.82) is 0 Å². The summed E-state index contributed by atoms with van der Waals surface area (Å²) >= 11 is 1.62. The molecule has 0 aromatic heterocycles. The minimum atomic E-state index is -3.58. The number of fused-ring (bicyclic) bond motifs is 2. The van der Waals surface area contributed by atoms with Crippen LogP contribution in [-0.4, -0.2) is 55.0 Å². The van der Waals surface area contributed by atoms with E-state index in [0.717, 1.165) is 17.2 Å². The van der Waals surface area contributed by atoms with Gasteiger partial charge in [-0.2, -0.15) is 4.31 Å². The molecular formula is C23H22N2O3S2. The van der Waals surface area contributed by atoms with Gasteiger partial charge in [-0.3, -0.25) is 4.79 Å². The Balaban J connectivity index is 1.26. The van der Waals surface area contributed by atoms with Gasteiger partial charge in [-0.1, -0.05) is 48.5 Å². The first-order chi connectivity index (χ1) is 14.5. The fraction of sp³-hybridized carbons (Fsp3) is 0.261. The molecule has 3 aromatic carbocycles. The molecule has 0 radical (unpaired) electrons. The molecule has 30 heavy (non-hydrogen) atoms. The number of amides is 1.